The van der Waals surface area contributed by atoms with Gasteiger partial charge in [-0.2, -0.15) is 0 Å². The smallest absolute Gasteiger partial charge is 0.206 e. The van der Waals surface area contributed by atoms with Crippen molar-refractivity contribution in [3.63, 3.8) is 0 Å². The van der Waals surface area contributed by atoms with Gasteiger partial charge in [0.2, 0.25) is 5.79 Å². The molecule has 3 saturated carbocycles. The van der Waals surface area contributed by atoms with Gasteiger partial charge < -0.3 is 139 Å². The average molecular weight is 1210 g/mol. The van der Waals surface area contributed by atoms with Crippen LogP contribution in [0.1, 0.15) is 79.1 Å². The largest absolute Gasteiger partial charge is 0.394 e. The second kappa shape index (κ2) is 24.3. The van der Waals surface area contributed by atoms with Crippen molar-refractivity contribution in [3.05, 3.63) is 11.6 Å². The number of aliphatic hydroxyl groups is 17. The third-order valence-electron chi connectivity index (χ3n) is 22.0. The van der Waals surface area contributed by atoms with Gasteiger partial charge in [0.15, 0.2) is 30.9 Å². The molecule has 36 atom stereocenters. The van der Waals surface area contributed by atoms with E-state index in [-0.39, 0.29) is 54.0 Å². The third-order valence-corrected chi connectivity index (χ3v) is 22.0. The van der Waals surface area contributed by atoms with Crippen LogP contribution in [0.25, 0.3) is 0 Å². The van der Waals surface area contributed by atoms with Gasteiger partial charge >= 0.3 is 0 Å². The molecule has 0 amide bonds. The zero-order valence-electron chi connectivity index (χ0n) is 47.5. The van der Waals surface area contributed by atoms with E-state index in [0.717, 1.165) is 37.7 Å². The minimum absolute atomic E-state index is 0.00478. The van der Waals surface area contributed by atoms with Crippen LogP contribution in [0.5, 0.6) is 0 Å². The first kappa shape index (κ1) is 64.2. The molecule has 0 radical (unpaired) electrons. The SMILES string of the molecule is C[C@@H]1CCC2(OC1)O[C@H]1CC3C4CC=C5CC([C@@]6(O[C@@H]7O[C@H](CO)[C@@H](O)[C@H](O)[C@H]7O)O[C@H](CO)[C@H](O[C@@H]7O[C@H](CO)[C@@H](O)[C@H](O)[C@H]7O)[C@H](O[C@@H]7O[C@H](CO)[C@@H](O)[C@H](O)[C@H]7O)[C@H]6O[C@@H]6OC[C@@H](O)[C@H](O)[C@H]6O)C(O)C[C@]5(C)C4CC[C@]3(C)[C@H]1[C@@H]2C. The monoisotopic (exact) mass is 1210 g/mol. The van der Waals surface area contributed by atoms with E-state index >= 15 is 0 Å². The number of aliphatic hydroxyl groups excluding tert-OH is 17. The molecule has 11 aliphatic rings. The summed E-state index contributed by atoms with van der Waals surface area (Å²) in [4.78, 5) is 0. The van der Waals surface area contributed by atoms with E-state index in [1.165, 1.54) is 0 Å². The van der Waals surface area contributed by atoms with Crippen LogP contribution in [-0.2, 0) is 52.1 Å². The highest BCUT2D eigenvalue weighted by Crippen LogP contribution is 2.71. The Morgan fingerprint density at radius 2 is 1.11 bits per heavy atom. The molecule has 28 heteroatoms. The van der Waals surface area contributed by atoms with Crippen molar-refractivity contribution in [2.45, 2.75) is 244 Å². The first-order chi connectivity index (χ1) is 39.8. The molecule has 10 fully saturated rings. The molecule has 6 unspecified atom stereocenters. The minimum Gasteiger partial charge on any atom is -0.394 e. The second-order valence-corrected chi connectivity index (χ2v) is 26.6. The highest BCUT2D eigenvalue weighted by atomic mass is 16.8. The lowest BCUT2D eigenvalue weighted by Gasteiger charge is -2.62. The molecule has 28 nitrogen and oxygen atoms in total. The van der Waals surface area contributed by atoms with Crippen molar-refractivity contribution in [2.75, 3.05) is 39.6 Å². The molecule has 11 rings (SSSR count). The van der Waals surface area contributed by atoms with Crippen LogP contribution in [0.4, 0.5) is 0 Å². The lowest BCUT2D eigenvalue weighted by molar-refractivity contribution is -0.473. The predicted molar refractivity (Wildman–Crippen MR) is 276 cm³/mol. The van der Waals surface area contributed by atoms with Crippen LogP contribution in [0, 0.1) is 52.3 Å². The van der Waals surface area contributed by atoms with Crippen molar-refractivity contribution in [1.29, 1.82) is 0 Å². The maximum absolute atomic E-state index is 13.3. The standard InChI is InChI=1S/C56H90O28/c1-20-7-10-55(75-18-20)21(2)34-29(82-55)12-25-23-6-5-22-11-26(27(61)13-54(22,4)24(23)8-9-53(25,34)3)56(84-52-45(73)41(69)38(66)32(16-59)78-52)48(81-49-42(70)35(63)28(62)19-74-49)47(80-51-44(72)40(68)37(65)31(15-58)77-51)46(33(17-60)83-56)79-50-43(71)39(67)36(64)30(14-57)76-50/h5,20-21,23-52,57-73H,6-19H2,1-4H3/t20-,21+,23?,24?,25?,26?,27?,28-,29+,30-,31-,32-,33-,34+,35+,36-,37-,38-,39+,40+,41+,42-,43-,44-,45-,46+,47+,48-,49+,50+,51+,52+,53+,54+,55?,56+/m1/s1. The topological polar surface area (TPSA) is 445 Å². The first-order valence-corrected chi connectivity index (χ1v) is 30.0. The summed E-state index contributed by atoms with van der Waals surface area (Å²) in [5.74, 6) is -3.81. The summed E-state index contributed by atoms with van der Waals surface area (Å²) in [5.41, 5.74) is -0.0158. The number of allylic oxidation sites excluding steroid dienone is 2. The summed E-state index contributed by atoms with van der Waals surface area (Å²) in [6, 6.07) is 0. The first-order valence-electron chi connectivity index (χ1n) is 30.0. The zero-order valence-corrected chi connectivity index (χ0v) is 47.5. The fourth-order valence-corrected chi connectivity index (χ4v) is 17.3. The van der Waals surface area contributed by atoms with Crippen molar-refractivity contribution in [3.8, 4) is 0 Å². The summed E-state index contributed by atoms with van der Waals surface area (Å²) in [5, 5.41) is 190. The highest BCUT2D eigenvalue weighted by molar-refractivity contribution is 5.29. The van der Waals surface area contributed by atoms with E-state index in [9.17, 15) is 86.8 Å². The van der Waals surface area contributed by atoms with Gasteiger partial charge in [0.1, 0.15) is 116 Å². The molecule has 0 aromatic carbocycles. The van der Waals surface area contributed by atoms with Gasteiger partial charge in [-0.05, 0) is 85.4 Å². The quantitative estimate of drug-likeness (QED) is 0.0764. The molecule has 482 valence electrons. The Hall–Kier alpha value is -1.38. The van der Waals surface area contributed by atoms with Gasteiger partial charge in [-0.3, -0.25) is 0 Å². The summed E-state index contributed by atoms with van der Waals surface area (Å²) in [6.07, 6.45) is -41.2. The lowest BCUT2D eigenvalue weighted by Crippen LogP contribution is -2.76. The summed E-state index contributed by atoms with van der Waals surface area (Å²) in [6.45, 7) is 4.85. The molecular formula is C56H90O28. The van der Waals surface area contributed by atoms with Gasteiger partial charge in [0, 0.05) is 18.3 Å². The minimum atomic E-state index is -2.88. The summed E-state index contributed by atoms with van der Waals surface area (Å²) >= 11 is 0. The van der Waals surface area contributed by atoms with Crippen molar-refractivity contribution < 1.29 is 139 Å². The van der Waals surface area contributed by atoms with Gasteiger partial charge in [0.25, 0.3) is 0 Å². The average Bonchev–Trinajstić information content (AvgIpc) is 1.38. The van der Waals surface area contributed by atoms with E-state index < -0.39 is 203 Å². The Kier molecular flexibility index (Phi) is 18.6. The van der Waals surface area contributed by atoms with Gasteiger partial charge in [-0.25, -0.2) is 0 Å². The normalized spacial score (nSPS) is 57.7. The van der Waals surface area contributed by atoms with Crippen LogP contribution < -0.4 is 0 Å². The maximum Gasteiger partial charge on any atom is 0.206 e. The van der Waals surface area contributed by atoms with E-state index in [0.29, 0.717) is 18.9 Å². The fourth-order valence-electron chi connectivity index (χ4n) is 17.3. The number of hydrogen-bond acceptors (Lipinski definition) is 28. The maximum atomic E-state index is 13.3. The van der Waals surface area contributed by atoms with Crippen LogP contribution in [0.2, 0.25) is 0 Å². The Morgan fingerprint density at radius 1 is 0.548 bits per heavy atom. The Bertz CT molecular complexity index is 2280. The lowest BCUT2D eigenvalue weighted by atomic mass is 9.46. The number of rotatable bonds is 13. The Balaban J connectivity index is 1.03. The van der Waals surface area contributed by atoms with E-state index in [2.05, 4.69) is 33.8 Å². The highest BCUT2D eigenvalue weighted by Gasteiger charge is 2.72. The molecule has 7 aliphatic heterocycles. The van der Waals surface area contributed by atoms with Crippen LogP contribution in [0.15, 0.2) is 11.6 Å². The fraction of sp³-hybridized carbons (Fsp3) is 0.964. The zero-order chi connectivity index (χ0) is 60.4. The van der Waals surface area contributed by atoms with E-state index in [1.807, 2.05) is 0 Å². The van der Waals surface area contributed by atoms with Crippen molar-refractivity contribution in [2.24, 2.45) is 52.3 Å². The second-order valence-electron chi connectivity index (χ2n) is 26.6. The Labute approximate surface area is 485 Å². The molecule has 0 bridgehead atoms. The van der Waals surface area contributed by atoms with Crippen molar-refractivity contribution in [1.82, 2.24) is 0 Å². The third kappa shape index (κ3) is 10.5. The van der Waals surface area contributed by atoms with Gasteiger partial charge in [-0.1, -0.05) is 39.3 Å². The molecule has 0 aromatic rings. The van der Waals surface area contributed by atoms with Crippen LogP contribution >= 0.6 is 0 Å². The number of fused-ring (bicyclic) bond motifs is 7. The molecular weight excluding hydrogens is 1120 g/mol. The molecule has 7 saturated heterocycles. The molecule has 4 aliphatic carbocycles. The van der Waals surface area contributed by atoms with E-state index in [1.54, 1.807) is 0 Å². The van der Waals surface area contributed by atoms with Crippen LogP contribution in [0.3, 0.4) is 0 Å². The molecule has 0 aromatic heterocycles. The molecule has 1 spiro atoms. The van der Waals surface area contributed by atoms with E-state index in [4.69, 9.17) is 52.1 Å². The number of ether oxygens (including phenoxy) is 11. The molecule has 84 heavy (non-hydrogen) atoms. The predicted octanol–water partition coefficient (Wildman–Crippen LogP) is -5.96. The summed E-state index contributed by atoms with van der Waals surface area (Å²) in [7, 11) is 0. The van der Waals surface area contributed by atoms with Crippen molar-refractivity contribution >= 4 is 0 Å². The van der Waals surface area contributed by atoms with Crippen LogP contribution in [-0.4, -0.2) is 291 Å². The van der Waals surface area contributed by atoms with Gasteiger partial charge in [0.05, 0.1) is 51.8 Å². The van der Waals surface area contributed by atoms with Gasteiger partial charge in [-0.15, -0.1) is 0 Å². The summed E-state index contributed by atoms with van der Waals surface area (Å²) < 4.78 is 70.5. The molecule has 7 heterocycles. The molecule has 17 N–H and O–H groups in total. The Morgan fingerprint density at radius 3 is 1.68 bits per heavy atom. The number of hydrogen-bond donors (Lipinski definition) is 17.